The van der Waals surface area contributed by atoms with E-state index in [1.165, 1.54) is 36.4 Å². The van der Waals surface area contributed by atoms with Crippen LogP contribution in [-0.2, 0) is 17.5 Å². The standard InChI is InChI=1S/C21H13F4N3O3/c22-14-4-1-12(2-5-14)20-27-16-7-6-15(9-17(16)31-20)26-18(29)11-28-10-13(21(23,24)25)3-8-19(28)30/h1-10H,11H2,(H,26,29). The lowest BCUT2D eigenvalue weighted by atomic mass is 10.2. The summed E-state index contributed by atoms with van der Waals surface area (Å²) in [4.78, 5) is 28.3. The van der Waals surface area contributed by atoms with E-state index in [1.54, 1.807) is 6.07 Å². The molecule has 0 radical (unpaired) electrons. The molecule has 1 N–H and O–H groups in total. The predicted octanol–water partition coefficient (Wildman–Crippen LogP) is 4.45. The van der Waals surface area contributed by atoms with Crippen molar-refractivity contribution >= 4 is 22.7 Å². The van der Waals surface area contributed by atoms with Gasteiger partial charge in [0.05, 0.1) is 5.56 Å². The van der Waals surface area contributed by atoms with Crippen LogP contribution in [0, 0.1) is 5.82 Å². The Morgan fingerprint density at radius 1 is 1.06 bits per heavy atom. The molecule has 0 aliphatic carbocycles. The molecule has 0 saturated heterocycles. The average Bonchev–Trinajstić information content (AvgIpc) is 3.12. The first-order valence-corrected chi connectivity index (χ1v) is 8.93. The Balaban J connectivity index is 1.53. The van der Waals surface area contributed by atoms with Gasteiger partial charge in [0, 0.05) is 29.6 Å². The van der Waals surface area contributed by atoms with E-state index >= 15 is 0 Å². The number of oxazole rings is 1. The van der Waals surface area contributed by atoms with Crippen LogP contribution in [-0.4, -0.2) is 15.5 Å². The number of hydrogen-bond donors (Lipinski definition) is 1. The number of carbonyl (C=O) groups excluding carboxylic acids is 1. The van der Waals surface area contributed by atoms with Gasteiger partial charge >= 0.3 is 6.18 Å². The summed E-state index contributed by atoms with van der Waals surface area (Å²) in [5, 5.41) is 2.51. The van der Waals surface area contributed by atoms with Crippen LogP contribution in [0.1, 0.15) is 5.56 Å². The number of halogens is 4. The zero-order valence-corrected chi connectivity index (χ0v) is 15.6. The summed E-state index contributed by atoms with van der Waals surface area (Å²) in [6.45, 7) is -0.599. The molecule has 2 aromatic carbocycles. The minimum Gasteiger partial charge on any atom is -0.436 e. The minimum absolute atomic E-state index is 0.258. The zero-order valence-electron chi connectivity index (χ0n) is 15.6. The molecule has 31 heavy (non-hydrogen) atoms. The summed E-state index contributed by atoms with van der Waals surface area (Å²) in [5.41, 5.74) is -0.0692. The van der Waals surface area contributed by atoms with Crippen LogP contribution >= 0.6 is 0 Å². The lowest BCUT2D eigenvalue weighted by Crippen LogP contribution is -2.28. The van der Waals surface area contributed by atoms with Crippen molar-refractivity contribution in [2.45, 2.75) is 12.7 Å². The molecule has 158 valence electrons. The SMILES string of the molecule is O=C(Cn1cc(C(F)(F)F)ccc1=O)Nc1ccc2nc(-c3ccc(F)cc3)oc2c1. The highest BCUT2D eigenvalue weighted by molar-refractivity contribution is 5.92. The normalized spacial score (nSPS) is 11.6. The first-order chi connectivity index (χ1) is 14.7. The van der Waals surface area contributed by atoms with Crippen molar-refractivity contribution in [3.8, 4) is 11.5 Å². The molecule has 4 aromatic rings. The molecule has 0 aliphatic heterocycles. The number of fused-ring (bicyclic) bond motifs is 1. The molecule has 1 amide bonds. The number of alkyl halides is 3. The van der Waals surface area contributed by atoms with E-state index in [2.05, 4.69) is 10.3 Å². The van der Waals surface area contributed by atoms with Gasteiger partial charge in [0.25, 0.3) is 5.56 Å². The van der Waals surface area contributed by atoms with Gasteiger partial charge in [0.1, 0.15) is 17.9 Å². The van der Waals surface area contributed by atoms with Gasteiger partial charge in [-0.05, 0) is 42.5 Å². The van der Waals surface area contributed by atoms with Gasteiger partial charge in [-0.1, -0.05) is 0 Å². The second-order valence-electron chi connectivity index (χ2n) is 6.64. The molecule has 6 nitrogen and oxygen atoms in total. The highest BCUT2D eigenvalue weighted by atomic mass is 19.4. The van der Waals surface area contributed by atoms with Crippen molar-refractivity contribution in [2.24, 2.45) is 0 Å². The summed E-state index contributed by atoms with van der Waals surface area (Å²) in [5.74, 6) is -0.835. The maximum atomic E-state index is 13.1. The van der Waals surface area contributed by atoms with E-state index < -0.39 is 35.6 Å². The first-order valence-electron chi connectivity index (χ1n) is 8.93. The molecule has 0 spiro atoms. The monoisotopic (exact) mass is 431 g/mol. The Kier molecular flexibility index (Phi) is 5.05. The number of hydrogen-bond acceptors (Lipinski definition) is 4. The van der Waals surface area contributed by atoms with Crippen LogP contribution in [0.25, 0.3) is 22.6 Å². The van der Waals surface area contributed by atoms with E-state index in [0.29, 0.717) is 39.2 Å². The summed E-state index contributed by atoms with van der Waals surface area (Å²) >= 11 is 0. The van der Waals surface area contributed by atoms with E-state index in [-0.39, 0.29) is 5.89 Å². The molecule has 0 aliphatic rings. The van der Waals surface area contributed by atoms with E-state index in [1.807, 2.05) is 0 Å². The zero-order chi connectivity index (χ0) is 22.2. The van der Waals surface area contributed by atoms with E-state index in [9.17, 15) is 27.2 Å². The number of anilines is 1. The van der Waals surface area contributed by atoms with Crippen LogP contribution < -0.4 is 10.9 Å². The van der Waals surface area contributed by atoms with Crippen molar-refractivity contribution in [3.05, 3.63) is 82.5 Å². The number of carbonyl (C=O) groups is 1. The molecule has 10 heteroatoms. The minimum atomic E-state index is -4.63. The van der Waals surface area contributed by atoms with Crippen molar-refractivity contribution in [1.29, 1.82) is 0 Å². The highest BCUT2D eigenvalue weighted by Gasteiger charge is 2.31. The predicted molar refractivity (Wildman–Crippen MR) is 104 cm³/mol. The van der Waals surface area contributed by atoms with Crippen molar-refractivity contribution in [3.63, 3.8) is 0 Å². The third-order valence-electron chi connectivity index (χ3n) is 4.39. The number of pyridine rings is 1. The van der Waals surface area contributed by atoms with Gasteiger partial charge in [0.15, 0.2) is 5.58 Å². The molecular weight excluding hydrogens is 418 g/mol. The first kappa shape index (κ1) is 20.3. The number of aromatic nitrogens is 2. The fourth-order valence-electron chi connectivity index (χ4n) is 2.90. The van der Waals surface area contributed by atoms with Crippen LogP contribution in [0.5, 0.6) is 0 Å². The molecule has 0 atom stereocenters. The third kappa shape index (κ3) is 4.47. The summed E-state index contributed by atoms with van der Waals surface area (Å²) in [7, 11) is 0. The highest BCUT2D eigenvalue weighted by Crippen LogP contribution is 2.28. The third-order valence-corrected chi connectivity index (χ3v) is 4.39. The Morgan fingerprint density at radius 2 is 1.81 bits per heavy atom. The Morgan fingerprint density at radius 3 is 2.52 bits per heavy atom. The fraction of sp³-hybridized carbons (Fsp3) is 0.0952. The summed E-state index contributed by atoms with van der Waals surface area (Å²) in [6.07, 6.45) is -4.04. The van der Waals surface area contributed by atoms with Crippen molar-refractivity contribution < 1.29 is 26.8 Å². The molecule has 2 aromatic heterocycles. The lowest BCUT2D eigenvalue weighted by Gasteiger charge is -2.11. The van der Waals surface area contributed by atoms with Crippen LogP contribution in [0.4, 0.5) is 23.2 Å². The molecule has 0 bridgehead atoms. The Bertz CT molecular complexity index is 1320. The fourth-order valence-corrected chi connectivity index (χ4v) is 2.90. The van der Waals surface area contributed by atoms with Crippen LogP contribution in [0.15, 0.2) is 70.0 Å². The number of rotatable bonds is 4. The van der Waals surface area contributed by atoms with Gasteiger partial charge < -0.3 is 14.3 Å². The Hall–Kier alpha value is -3.95. The van der Waals surface area contributed by atoms with Gasteiger partial charge in [-0.3, -0.25) is 9.59 Å². The molecule has 0 unspecified atom stereocenters. The largest absolute Gasteiger partial charge is 0.436 e. The molecule has 4 rings (SSSR count). The van der Waals surface area contributed by atoms with Crippen molar-refractivity contribution in [1.82, 2.24) is 9.55 Å². The molecule has 2 heterocycles. The number of benzene rings is 2. The molecule has 0 saturated carbocycles. The smallest absolute Gasteiger partial charge is 0.417 e. The Labute approximate surface area is 171 Å². The number of amides is 1. The molecule has 0 fully saturated rings. The number of nitrogens with zero attached hydrogens (tertiary/aromatic N) is 2. The van der Waals surface area contributed by atoms with Crippen molar-refractivity contribution in [2.75, 3.05) is 5.32 Å². The van der Waals surface area contributed by atoms with Gasteiger partial charge in [-0.2, -0.15) is 13.2 Å². The summed E-state index contributed by atoms with van der Waals surface area (Å²) < 4.78 is 57.9. The average molecular weight is 431 g/mol. The van der Waals surface area contributed by atoms with E-state index in [0.717, 1.165) is 6.07 Å². The second-order valence-corrected chi connectivity index (χ2v) is 6.64. The summed E-state index contributed by atoms with van der Waals surface area (Å²) in [6, 6.07) is 11.6. The maximum absolute atomic E-state index is 13.1. The topological polar surface area (TPSA) is 77.1 Å². The van der Waals surface area contributed by atoms with Gasteiger partial charge in [0.2, 0.25) is 11.8 Å². The molecular formula is C21H13F4N3O3. The quantitative estimate of drug-likeness (QED) is 0.485. The lowest BCUT2D eigenvalue weighted by molar-refractivity contribution is -0.138. The second kappa shape index (κ2) is 7.71. The number of nitrogens with one attached hydrogen (secondary N) is 1. The maximum Gasteiger partial charge on any atom is 0.417 e. The van der Waals surface area contributed by atoms with E-state index in [4.69, 9.17) is 4.42 Å². The van der Waals surface area contributed by atoms with Crippen LogP contribution in [0.3, 0.4) is 0 Å². The van der Waals surface area contributed by atoms with Crippen LogP contribution in [0.2, 0.25) is 0 Å². The van der Waals surface area contributed by atoms with Gasteiger partial charge in [-0.15, -0.1) is 0 Å². The van der Waals surface area contributed by atoms with Gasteiger partial charge in [-0.25, -0.2) is 9.37 Å².